The SMILES string of the molecule is Cl.O=C(O)CCNC1CCC2(Cc3ccccc3Cc3ccccc32)C1. The van der Waals surface area contributed by atoms with Crippen LogP contribution in [-0.2, 0) is 23.1 Å². The summed E-state index contributed by atoms with van der Waals surface area (Å²) in [5, 5.41) is 12.3. The molecule has 2 aliphatic carbocycles. The molecule has 0 bridgehead atoms. The Morgan fingerprint density at radius 3 is 2.54 bits per heavy atom. The van der Waals surface area contributed by atoms with E-state index in [-0.39, 0.29) is 24.2 Å². The molecule has 4 rings (SSSR count). The van der Waals surface area contributed by atoms with Gasteiger partial charge in [0.2, 0.25) is 0 Å². The predicted molar refractivity (Wildman–Crippen MR) is 106 cm³/mol. The number of rotatable bonds is 4. The van der Waals surface area contributed by atoms with Gasteiger partial charge in [-0.3, -0.25) is 4.79 Å². The minimum atomic E-state index is -0.728. The molecule has 1 saturated carbocycles. The van der Waals surface area contributed by atoms with Crippen LogP contribution in [0.4, 0.5) is 0 Å². The van der Waals surface area contributed by atoms with Crippen molar-refractivity contribution in [1.82, 2.24) is 5.32 Å². The molecule has 2 unspecified atom stereocenters. The van der Waals surface area contributed by atoms with E-state index in [2.05, 4.69) is 53.8 Å². The average Bonchev–Trinajstić information content (AvgIpc) is 2.94. The highest BCUT2D eigenvalue weighted by molar-refractivity contribution is 5.85. The molecule has 1 spiro atoms. The van der Waals surface area contributed by atoms with Gasteiger partial charge in [-0.25, -0.2) is 0 Å². The van der Waals surface area contributed by atoms with Gasteiger partial charge in [0.05, 0.1) is 6.42 Å². The van der Waals surface area contributed by atoms with Crippen LogP contribution in [0, 0.1) is 0 Å². The summed E-state index contributed by atoms with van der Waals surface area (Å²) in [6.07, 6.45) is 5.70. The van der Waals surface area contributed by atoms with Gasteiger partial charge >= 0.3 is 5.97 Å². The molecule has 0 aromatic heterocycles. The molecule has 4 heteroatoms. The number of carboxylic acids is 1. The molecule has 2 N–H and O–H groups in total. The summed E-state index contributed by atoms with van der Waals surface area (Å²) in [7, 11) is 0. The number of nitrogens with one attached hydrogen (secondary N) is 1. The maximum atomic E-state index is 10.8. The Bertz CT molecular complexity index is 791. The summed E-state index contributed by atoms with van der Waals surface area (Å²) in [6.45, 7) is 0.564. The van der Waals surface area contributed by atoms with Crippen LogP contribution in [0.1, 0.15) is 47.9 Å². The van der Waals surface area contributed by atoms with E-state index in [4.69, 9.17) is 5.11 Å². The van der Waals surface area contributed by atoms with E-state index in [1.807, 2.05) is 0 Å². The lowest BCUT2D eigenvalue weighted by atomic mass is 9.73. The zero-order valence-electron chi connectivity index (χ0n) is 14.9. The van der Waals surface area contributed by atoms with E-state index >= 15 is 0 Å². The molecule has 2 aromatic rings. The summed E-state index contributed by atoms with van der Waals surface area (Å²) < 4.78 is 0. The molecule has 0 aliphatic heterocycles. The third-order valence-electron chi connectivity index (χ3n) is 6.00. The molecule has 2 aromatic carbocycles. The van der Waals surface area contributed by atoms with Crippen molar-refractivity contribution in [2.24, 2.45) is 0 Å². The molecule has 2 atom stereocenters. The van der Waals surface area contributed by atoms with Crippen molar-refractivity contribution >= 4 is 18.4 Å². The zero-order valence-corrected chi connectivity index (χ0v) is 15.7. The number of hydrogen-bond acceptors (Lipinski definition) is 2. The predicted octanol–water partition coefficient (Wildman–Crippen LogP) is 4.11. The number of benzene rings is 2. The van der Waals surface area contributed by atoms with Crippen LogP contribution in [0.5, 0.6) is 0 Å². The molecule has 0 heterocycles. The molecular formula is C22H26ClNO2. The van der Waals surface area contributed by atoms with Gasteiger partial charge in [-0.2, -0.15) is 0 Å². The van der Waals surface area contributed by atoms with Gasteiger partial charge < -0.3 is 10.4 Å². The van der Waals surface area contributed by atoms with Crippen LogP contribution >= 0.6 is 12.4 Å². The van der Waals surface area contributed by atoms with Crippen LogP contribution in [0.3, 0.4) is 0 Å². The Hall–Kier alpha value is -1.84. The standard InChI is InChI=1S/C22H25NO2.ClH/c24-21(25)10-12-23-19-9-11-22(15-19)14-18-7-2-1-5-16(18)13-17-6-3-4-8-20(17)22;/h1-8,19,23H,9-15H2,(H,24,25);1H. The van der Waals surface area contributed by atoms with Gasteiger partial charge in [0.1, 0.15) is 0 Å². The van der Waals surface area contributed by atoms with E-state index < -0.39 is 5.97 Å². The third-order valence-corrected chi connectivity index (χ3v) is 6.00. The largest absolute Gasteiger partial charge is 0.481 e. The molecular weight excluding hydrogens is 346 g/mol. The van der Waals surface area contributed by atoms with Crippen molar-refractivity contribution < 1.29 is 9.90 Å². The molecule has 2 aliphatic rings. The number of halogens is 1. The molecule has 3 nitrogen and oxygen atoms in total. The summed E-state index contributed by atoms with van der Waals surface area (Å²) in [6, 6.07) is 18.2. The second kappa shape index (κ2) is 7.81. The van der Waals surface area contributed by atoms with Gasteiger partial charge in [0, 0.05) is 18.0 Å². The first kappa shape index (κ1) is 18.9. The zero-order chi connectivity index (χ0) is 17.3. The van der Waals surface area contributed by atoms with Crippen molar-refractivity contribution in [1.29, 1.82) is 0 Å². The van der Waals surface area contributed by atoms with E-state index in [0.29, 0.717) is 12.6 Å². The highest BCUT2D eigenvalue weighted by atomic mass is 35.5. The fourth-order valence-electron chi connectivity index (χ4n) is 4.85. The van der Waals surface area contributed by atoms with Crippen molar-refractivity contribution in [2.45, 2.75) is 50.0 Å². The van der Waals surface area contributed by atoms with Crippen molar-refractivity contribution in [3.63, 3.8) is 0 Å². The monoisotopic (exact) mass is 371 g/mol. The summed E-state index contributed by atoms with van der Waals surface area (Å²) in [4.78, 5) is 10.8. The summed E-state index contributed by atoms with van der Waals surface area (Å²) in [5.41, 5.74) is 6.08. The molecule has 138 valence electrons. The van der Waals surface area contributed by atoms with Crippen molar-refractivity contribution in [2.75, 3.05) is 6.54 Å². The number of carbonyl (C=O) groups is 1. The van der Waals surface area contributed by atoms with E-state index in [1.54, 1.807) is 0 Å². The molecule has 0 radical (unpaired) electrons. The maximum Gasteiger partial charge on any atom is 0.304 e. The first-order chi connectivity index (χ1) is 12.2. The maximum absolute atomic E-state index is 10.8. The average molecular weight is 372 g/mol. The van der Waals surface area contributed by atoms with E-state index in [0.717, 1.165) is 25.7 Å². The first-order valence-electron chi connectivity index (χ1n) is 9.27. The molecule has 0 amide bonds. The second-order valence-electron chi connectivity index (χ2n) is 7.60. The van der Waals surface area contributed by atoms with E-state index in [1.165, 1.54) is 28.7 Å². The van der Waals surface area contributed by atoms with E-state index in [9.17, 15) is 4.79 Å². The number of aliphatic carboxylic acids is 1. The molecule has 0 saturated heterocycles. The number of hydrogen-bond donors (Lipinski definition) is 2. The Morgan fingerprint density at radius 1 is 1.08 bits per heavy atom. The Balaban J connectivity index is 0.00000196. The van der Waals surface area contributed by atoms with Crippen molar-refractivity contribution in [3.05, 3.63) is 70.8 Å². The normalized spacial score (nSPS) is 23.6. The second-order valence-corrected chi connectivity index (χ2v) is 7.60. The first-order valence-corrected chi connectivity index (χ1v) is 9.27. The fourth-order valence-corrected chi connectivity index (χ4v) is 4.85. The molecule has 1 fully saturated rings. The highest BCUT2D eigenvalue weighted by Crippen LogP contribution is 2.47. The van der Waals surface area contributed by atoms with Crippen LogP contribution in [0.2, 0.25) is 0 Å². The molecule has 26 heavy (non-hydrogen) atoms. The van der Waals surface area contributed by atoms with Crippen LogP contribution < -0.4 is 5.32 Å². The smallest absolute Gasteiger partial charge is 0.304 e. The lowest BCUT2D eigenvalue weighted by molar-refractivity contribution is -0.136. The Morgan fingerprint density at radius 2 is 1.77 bits per heavy atom. The minimum absolute atomic E-state index is 0. The van der Waals surface area contributed by atoms with Crippen LogP contribution in [-0.4, -0.2) is 23.7 Å². The lowest BCUT2D eigenvalue weighted by Gasteiger charge is -2.31. The Kier molecular flexibility index (Phi) is 5.69. The van der Waals surface area contributed by atoms with Gasteiger partial charge in [0.15, 0.2) is 0 Å². The van der Waals surface area contributed by atoms with Crippen LogP contribution in [0.15, 0.2) is 48.5 Å². The van der Waals surface area contributed by atoms with Crippen LogP contribution in [0.25, 0.3) is 0 Å². The number of carboxylic acid groups (broad SMARTS) is 1. The van der Waals surface area contributed by atoms with Crippen molar-refractivity contribution in [3.8, 4) is 0 Å². The van der Waals surface area contributed by atoms with Gasteiger partial charge in [-0.15, -0.1) is 12.4 Å². The lowest BCUT2D eigenvalue weighted by Crippen LogP contribution is -2.33. The fraction of sp³-hybridized carbons (Fsp3) is 0.409. The van der Waals surface area contributed by atoms with Gasteiger partial charge in [0.25, 0.3) is 0 Å². The quantitative estimate of drug-likeness (QED) is 0.850. The summed E-state index contributed by atoms with van der Waals surface area (Å²) >= 11 is 0. The Labute approximate surface area is 161 Å². The topological polar surface area (TPSA) is 49.3 Å². The van der Waals surface area contributed by atoms with Gasteiger partial charge in [-0.1, -0.05) is 48.5 Å². The summed E-state index contributed by atoms with van der Waals surface area (Å²) in [5.74, 6) is -0.728. The minimum Gasteiger partial charge on any atom is -0.481 e. The van der Waals surface area contributed by atoms with Gasteiger partial charge in [-0.05, 0) is 54.4 Å². The number of fused-ring (bicyclic) bond motifs is 3. The third kappa shape index (κ3) is 3.65. The highest BCUT2D eigenvalue weighted by Gasteiger charge is 2.42.